The van der Waals surface area contributed by atoms with Gasteiger partial charge in [0.2, 0.25) is 0 Å². The molecule has 0 radical (unpaired) electrons. The molecule has 27 heavy (non-hydrogen) atoms. The second kappa shape index (κ2) is 8.13. The van der Waals surface area contributed by atoms with E-state index in [4.69, 9.17) is 4.74 Å². The molecule has 144 valence electrons. The summed E-state index contributed by atoms with van der Waals surface area (Å²) in [5.74, 6) is 0.516. The zero-order valence-corrected chi connectivity index (χ0v) is 15.1. The lowest BCUT2D eigenvalue weighted by Gasteiger charge is -2.36. The molecule has 6 heteroatoms. The van der Waals surface area contributed by atoms with Gasteiger partial charge in [-0.1, -0.05) is 30.3 Å². The van der Waals surface area contributed by atoms with Crippen LogP contribution in [-0.2, 0) is 0 Å². The van der Waals surface area contributed by atoms with Crippen molar-refractivity contribution in [1.82, 2.24) is 5.32 Å². The molecule has 1 saturated carbocycles. The SMILES string of the molecule is FC(F)Oc1ccc(N2CCN[C@@H](c3ccccc3)C2)cc1OC1CCC1. The summed E-state index contributed by atoms with van der Waals surface area (Å²) < 4.78 is 36.0. The first kappa shape index (κ1) is 18.0. The van der Waals surface area contributed by atoms with Gasteiger partial charge in [-0.05, 0) is 37.0 Å². The van der Waals surface area contributed by atoms with Crippen LogP contribution in [0.1, 0.15) is 30.9 Å². The zero-order chi connectivity index (χ0) is 18.6. The van der Waals surface area contributed by atoms with E-state index < -0.39 is 6.61 Å². The summed E-state index contributed by atoms with van der Waals surface area (Å²) in [6.07, 6.45) is 3.14. The molecule has 2 aromatic carbocycles. The average molecular weight is 374 g/mol. The maximum absolute atomic E-state index is 12.7. The van der Waals surface area contributed by atoms with Crippen molar-refractivity contribution in [2.45, 2.75) is 38.0 Å². The van der Waals surface area contributed by atoms with Crippen molar-refractivity contribution in [2.75, 3.05) is 24.5 Å². The number of rotatable bonds is 6. The molecule has 0 bridgehead atoms. The molecule has 1 N–H and O–H groups in total. The van der Waals surface area contributed by atoms with E-state index in [1.165, 1.54) is 5.56 Å². The molecule has 1 aliphatic carbocycles. The summed E-state index contributed by atoms with van der Waals surface area (Å²) in [6.45, 7) is -0.349. The molecular weight excluding hydrogens is 350 g/mol. The summed E-state index contributed by atoms with van der Waals surface area (Å²) in [5.41, 5.74) is 2.21. The predicted octanol–water partition coefficient (Wildman–Crippen LogP) is 4.37. The Morgan fingerprint density at radius 1 is 1.04 bits per heavy atom. The van der Waals surface area contributed by atoms with Crippen LogP contribution in [0.3, 0.4) is 0 Å². The van der Waals surface area contributed by atoms with Gasteiger partial charge in [-0.25, -0.2) is 0 Å². The van der Waals surface area contributed by atoms with Crippen LogP contribution >= 0.6 is 0 Å². The van der Waals surface area contributed by atoms with E-state index in [9.17, 15) is 8.78 Å². The van der Waals surface area contributed by atoms with E-state index in [0.29, 0.717) is 5.75 Å². The number of nitrogens with zero attached hydrogens (tertiary/aromatic N) is 1. The van der Waals surface area contributed by atoms with E-state index in [1.54, 1.807) is 6.07 Å². The van der Waals surface area contributed by atoms with Gasteiger partial charge in [-0.2, -0.15) is 8.78 Å². The van der Waals surface area contributed by atoms with E-state index >= 15 is 0 Å². The third kappa shape index (κ3) is 4.33. The first-order chi connectivity index (χ1) is 13.2. The highest BCUT2D eigenvalue weighted by molar-refractivity contribution is 5.57. The van der Waals surface area contributed by atoms with Crippen molar-refractivity contribution in [1.29, 1.82) is 0 Å². The first-order valence-electron chi connectivity index (χ1n) is 9.48. The number of hydrogen-bond acceptors (Lipinski definition) is 4. The fourth-order valence-corrected chi connectivity index (χ4v) is 3.54. The van der Waals surface area contributed by atoms with Crippen molar-refractivity contribution in [3.05, 3.63) is 54.1 Å². The smallest absolute Gasteiger partial charge is 0.387 e. The Kier molecular flexibility index (Phi) is 5.43. The van der Waals surface area contributed by atoms with Gasteiger partial charge in [0.1, 0.15) is 0 Å². The lowest BCUT2D eigenvalue weighted by molar-refractivity contribution is -0.0526. The van der Waals surface area contributed by atoms with E-state index in [0.717, 1.165) is 44.6 Å². The molecule has 4 nitrogen and oxygen atoms in total. The van der Waals surface area contributed by atoms with Gasteiger partial charge in [0.25, 0.3) is 0 Å². The van der Waals surface area contributed by atoms with Gasteiger partial charge in [0.15, 0.2) is 11.5 Å². The molecule has 1 aliphatic heterocycles. The standard InChI is InChI=1S/C21H24F2N2O2/c22-21(23)27-19-10-9-16(13-20(19)26-17-7-4-8-17)25-12-11-24-18(14-25)15-5-2-1-3-6-15/h1-3,5-6,9-10,13,17-18,21,24H,4,7-8,11-12,14H2/t18-/m1/s1. The topological polar surface area (TPSA) is 33.7 Å². The number of anilines is 1. The van der Waals surface area contributed by atoms with Gasteiger partial charge >= 0.3 is 6.61 Å². The summed E-state index contributed by atoms with van der Waals surface area (Å²) in [4.78, 5) is 2.26. The van der Waals surface area contributed by atoms with Gasteiger partial charge in [-0.15, -0.1) is 0 Å². The lowest BCUT2D eigenvalue weighted by atomic mass is 9.96. The Morgan fingerprint density at radius 3 is 2.56 bits per heavy atom. The molecule has 2 aliphatic rings. The number of hydrogen-bond donors (Lipinski definition) is 1. The molecular formula is C21H24F2N2O2. The highest BCUT2D eigenvalue weighted by Gasteiger charge is 2.25. The van der Waals surface area contributed by atoms with Crippen LogP contribution in [0.15, 0.2) is 48.5 Å². The second-order valence-electron chi connectivity index (χ2n) is 7.04. The Morgan fingerprint density at radius 2 is 1.85 bits per heavy atom. The van der Waals surface area contributed by atoms with Gasteiger partial charge in [0.05, 0.1) is 6.10 Å². The number of piperazine rings is 1. The molecule has 0 unspecified atom stereocenters. The number of nitrogens with one attached hydrogen (secondary N) is 1. The minimum Gasteiger partial charge on any atom is -0.486 e. The molecule has 2 fully saturated rings. The highest BCUT2D eigenvalue weighted by Crippen LogP contribution is 2.37. The second-order valence-corrected chi connectivity index (χ2v) is 7.04. The number of alkyl halides is 2. The first-order valence-corrected chi connectivity index (χ1v) is 9.48. The fourth-order valence-electron chi connectivity index (χ4n) is 3.54. The maximum Gasteiger partial charge on any atom is 0.387 e. The van der Waals surface area contributed by atoms with Crippen LogP contribution in [0.25, 0.3) is 0 Å². The monoisotopic (exact) mass is 374 g/mol. The largest absolute Gasteiger partial charge is 0.486 e. The van der Waals surface area contributed by atoms with Gasteiger partial charge < -0.3 is 19.7 Å². The Balaban J connectivity index is 1.54. The summed E-state index contributed by atoms with van der Waals surface area (Å²) >= 11 is 0. The van der Waals surface area contributed by atoms with Crippen molar-refractivity contribution in [2.24, 2.45) is 0 Å². The summed E-state index contributed by atoms with van der Waals surface area (Å²) in [6, 6.07) is 15.8. The van der Waals surface area contributed by atoms with Gasteiger partial charge in [-0.3, -0.25) is 0 Å². The van der Waals surface area contributed by atoms with E-state index in [2.05, 4.69) is 27.1 Å². The van der Waals surface area contributed by atoms with Crippen LogP contribution in [0.4, 0.5) is 14.5 Å². The van der Waals surface area contributed by atoms with Crippen LogP contribution < -0.4 is 19.7 Å². The minimum atomic E-state index is -2.86. The quantitative estimate of drug-likeness (QED) is 0.814. The van der Waals surface area contributed by atoms with E-state index in [1.807, 2.05) is 30.3 Å². The normalized spacial score (nSPS) is 20.4. The molecule has 1 atom stereocenters. The van der Waals surface area contributed by atoms with Crippen LogP contribution in [0.5, 0.6) is 11.5 Å². The Labute approximate surface area is 158 Å². The van der Waals surface area contributed by atoms with Crippen molar-refractivity contribution in [3.8, 4) is 11.5 Å². The molecule has 0 spiro atoms. The van der Waals surface area contributed by atoms with Crippen LogP contribution in [-0.4, -0.2) is 32.3 Å². The molecule has 2 aromatic rings. The number of halogens is 2. The Bertz CT molecular complexity index is 753. The third-order valence-electron chi connectivity index (χ3n) is 5.23. The molecule has 1 heterocycles. The van der Waals surface area contributed by atoms with Crippen LogP contribution in [0.2, 0.25) is 0 Å². The lowest BCUT2D eigenvalue weighted by Crippen LogP contribution is -2.45. The molecule has 0 amide bonds. The van der Waals surface area contributed by atoms with Crippen molar-refractivity contribution in [3.63, 3.8) is 0 Å². The van der Waals surface area contributed by atoms with Gasteiger partial charge in [0, 0.05) is 37.4 Å². The van der Waals surface area contributed by atoms with Crippen LogP contribution in [0, 0.1) is 0 Å². The summed E-state index contributed by atoms with van der Waals surface area (Å²) in [5, 5.41) is 3.54. The summed E-state index contributed by atoms with van der Waals surface area (Å²) in [7, 11) is 0. The number of benzene rings is 2. The third-order valence-corrected chi connectivity index (χ3v) is 5.23. The molecule has 4 rings (SSSR count). The Hall–Kier alpha value is -2.34. The molecule has 0 aromatic heterocycles. The maximum atomic E-state index is 12.7. The average Bonchev–Trinajstić information content (AvgIpc) is 2.66. The van der Waals surface area contributed by atoms with Crippen molar-refractivity contribution < 1.29 is 18.3 Å². The van der Waals surface area contributed by atoms with Crippen molar-refractivity contribution >= 4 is 5.69 Å². The highest BCUT2D eigenvalue weighted by atomic mass is 19.3. The number of ether oxygens (including phenoxy) is 2. The minimum absolute atomic E-state index is 0.0976. The molecule has 1 saturated heterocycles. The van der Waals surface area contributed by atoms with E-state index in [-0.39, 0.29) is 17.9 Å². The predicted molar refractivity (Wildman–Crippen MR) is 101 cm³/mol. The zero-order valence-electron chi connectivity index (χ0n) is 15.1. The fraction of sp³-hybridized carbons (Fsp3) is 0.429.